The van der Waals surface area contributed by atoms with Crippen molar-refractivity contribution >= 4 is 15.6 Å². The molecular formula is C20H20CoF12N12P2. The Labute approximate surface area is 264 Å². The SMILES string of the molecule is F[P-](F)(F)(F)(F)F.F[P-](F)(F)(F)(F)F.[Co+2].c1cnn(C(n2cccn2)n2cccn2)c1.c1cnn(C(n2cccn2)n2cccn2)c1. The molecule has 6 rings (SSSR count). The van der Waals surface area contributed by atoms with Crippen LogP contribution in [-0.4, -0.2) is 58.7 Å². The zero-order chi connectivity index (χ0) is 34.4. The van der Waals surface area contributed by atoms with E-state index in [1.807, 2.05) is 73.6 Å². The first-order chi connectivity index (χ1) is 20.8. The van der Waals surface area contributed by atoms with Gasteiger partial charge in [-0.25, -0.2) is 28.1 Å². The summed E-state index contributed by atoms with van der Waals surface area (Å²) in [4.78, 5) is 0. The molecule has 0 amide bonds. The molecule has 263 valence electrons. The van der Waals surface area contributed by atoms with E-state index in [0.717, 1.165) is 0 Å². The fourth-order valence-electron chi connectivity index (χ4n) is 3.23. The van der Waals surface area contributed by atoms with E-state index >= 15 is 0 Å². The summed E-state index contributed by atoms with van der Waals surface area (Å²) in [6.07, 6.45) is 21.3. The number of halogens is 12. The smallest absolute Gasteiger partial charge is 0.227 e. The van der Waals surface area contributed by atoms with Crippen LogP contribution in [0, 0.1) is 0 Å². The number of hydrogen-bond donors (Lipinski definition) is 0. The van der Waals surface area contributed by atoms with Gasteiger partial charge in [-0.3, -0.25) is 0 Å². The molecule has 0 bridgehead atoms. The molecule has 0 fully saturated rings. The minimum absolute atomic E-state index is 0. The van der Waals surface area contributed by atoms with Crippen molar-refractivity contribution in [1.29, 1.82) is 0 Å². The van der Waals surface area contributed by atoms with Crippen LogP contribution in [0.3, 0.4) is 0 Å². The number of rotatable bonds is 6. The Morgan fingerprint density at radius 3 is 0.532 bits per heavy atom. The second kappa shape index (κ2) is 12.8. The molecular weight excluding hydrogens is 757 g/mol. The third-order valence-electron chi connectivity index (χ3n) is 4.57. The molecule has 0 saturated heterocycles. The van der Waals surface area contributed by atoms with Gasteiger partial charge in [0, 0.05) is 74.4 Å². The molecule has 12 nitrogen and oxygen atoms in total. The summed E-state index contributed by atoms with van der Waals surface area (Å²) in [5.74, 6) is 0. The predicted molar refractivity (Wildman–Crippen MR) is 140 cm³/mol. The average molecular weight is 777 g/mol. The van der Waals surface area contributed by atoms with E-state index in [2.05, 4.69) is 30.6 Å². The maximum Gasteiger partial charge on any atom is 2.00 e. The van der Waals surface area contributed by atoms with Gasteiger partial charge in [0.25, 0.3) is 0 Å². The maximum absolute atomic E-state index is 10.7. The summed E-state index contributed by atoms with van der Waals surface area (Å²) < 4.78 is 129. The van der Waals surface area contributed by atoms with E-state index in [-0.39, 0.29) is 29.4 Å². The van der Waals surface area contributed by atoms with Crippen LogP contribution in [0.25, 0.3) is 0 Å². The fourth-order valence-corrected chi connectivity index (χ4v) is 3.23. The van der Waals surface area contributed by atoms with E-state index in [9.17, 15) is 50.4 Å². The van der Waals surface area contributed by atoms with Crippen LogP contribution in [-0.2, 0) is 16.8 Å². The molecule has 0 aliphatic carbocycles. The van der Waals surface area contributed by atoms with Crippen LogP contribution in [0.4, 0.5) is 50.4 Å². The molecule has 6 heterocycles. The van der Waals surface area contributed by atoms with Gasteiger partial charge in [-0.1, -0.05) is 0 Å². The van der Waals surface area contributed by atoms with Gasteiger partial charge in [-0.05, 0) is 36.4 Å². The van der Waals surface area contributed by atoms with Gasteiger partial charge >= 0.3 is 82.8 Å². The maximum atomic E-state index is 9.87. The van der Waals surface area contributed by atoms with Crippen molar-refractivity contribution in [3.63, 3.8) is 0 Å². The molecule has 0 spiro atoms. The Morgan fingerprint density at radius 2 is 0.447 bits per heavy atom. The normalized spacial score (nSPS) is 14.4. The van der Waals surface area contributed by atoms with Crippen molar-refractivity contribution in [3.8, 4) is 0 Å². The molecule has 0 unspecified atom stereocenters. The van der Waals surface area contributed by atoms with E-state index in [1.54, 1.807) is 65.3 Å². The molecule has 6 aromatic heterocycles. The van der Waals surface area contributed by atoms with Crippen molar-refractivity contribution in [2.75, 3.05) is 0 Å². The molecule has 0 aromatic carbocycles. The van der Waals surface area contributed by atoms with Crippen molar-refractivity contribution in [2.24, 2.45) is 0 Å². The molecule has 0 aliphatic rings. The van der Waals surface area contributed by atoms with Crippen LogP contribution in [0.2, 0.25) is 0 Å². The molecule has 27 heteroatoms. The van der Waals surface area contributed by atoms with Gasteiger partial charge in [0.1, 0.15) is 0 Å². The van der Waals surface area contributed by atoms with Gasteiger partial charge in [-0.15, -0.1) is 0 Å². The second-order valence-corrected chi connectivity index (χ2v) is 12.4. The number of nitrogens with zero attached hydrogens (tertiary/aromatic N) is 12. The summed E-state index contributed by atoms with van der Waals surface area (Å²) in [7, 11) is -21.3. The quantitative estimate of drug-likeness (QED) is 0.124. The number of aromatic nitrogens is 12. The fraction of sp³-hybridized carbons (Fsp3) is 0.100. The van der Waals surface area contributed by atoms with Gasteiger partial charge in [0.2, 0.25) is 12.6 Å². The minimum Gasteiger partial charge on any atom is -0.227 e. The van der Waals surface area contributed by atoms with Crippen molar-refractivity contribution in [1.82, 2.24) is 58.7 Å². The third-order valence-corrected chi connectivity index (χ3v) is 4.57. The van der Waals surface area contributed by atoms with Crippen LogP contribution in [0.5, 0.6) is 0 Å². The molecule has 0 saturated carbocycles. The molecule has 1 radical (unpaired) electrons. The van der Waals surface area contributed by atoms with Crippen LogP contribution in [0.15, 0.2) is 111 Å². The Bertz CT molecular complexity index is 1390. The van der Waals surface area contributed by atoms with Gasteiger partial charge < -0.3 is 0 Å². The van der Waals surface area contributed by atoms with Crippen LogP contribution >= 0.6 is 15.6 Å². The van der Waals surface area contributed by atoms with E-state index in [1.165, 1.54) is 0 Å². The second-order valence-electron chi connectivity index (χ2n) is 8.53. The van der Waals surface area contributed by atoms with E-state index < -0.39 is 15.6 Å². The topological polar surface area (TPSA) is 107 Å². The largest absolute Gasteiger partial charge is 2.00 e. The first-order valence-corrected chi connectivity index (χ1v) is 15.9. The zero-order valence-electron chi connectivity index (χ0n) is 22.7. The van der Waals surface area contributed by atoms with Gasteiger partial charge in [0.05, 0.1) is 0 Å². The van der Waals surface area contributed by atoms with Crippen molar-refractivity contribution in [2.45, 2.75) is 12.6 Å². The summed E-state index contributed by atoms with van der Waals surface area (Å²) in [6, 6.07) is 11.2. The monoisotopic (exact) mass is 777 g/mol. The standard InChI is InChI=1S/2C10H10N6.Co.2F6P/c2*1-4-11-14(7-1)10(15-8-2-5-12-15)16-9-3-6-13-16;;2*1-7(2,3,4,5)6/h2*1-10H;;;/q;;+2;2*-1. The predicted octanol–water partition coefficient (Wildman–Crippen LogP) is 8.42. The Hall–Kier alpha value is -4.21. The van der Waals surface area contributed by atoms with Gasteiger partial charge in [-0.2, -0.15) is 30.6 Å². The van der Waals surface area contributed by atoms with E-state index in [0.29, 0.717) is 0 Å². The Morgan fingerprint density at radius 1 is 0.319 bits per heavy atom. The van der Waals surface area contributed by atoms with E-state index in [4.69, 9.17) is 0 Å². The number of hydrogen-bond acceptors (Lipinski definition) is 6. The first-order valence-electron chi connectivity index (χ1n) is 11.9. The summed E-state index contributed by atoms with van der Waals surface area (Å²) in [5, 5.41) is 25.3. The molecule has 0 aliphatic heterocycles. The van der Waals surface area contributed by atoms with Crippen molar-refractivity contribution in [3.05, 3.63) is 111 Å². The molecule has 0 atom stereocenters. The average Bonchev–Trinajstić information content (AvgIpc) is 3.71. The summed E-state index contributed by atoms with van der Waals surface area (Å²) in [5.41, 5.74) is 0. The van der Waals surface area contributed by atoms with Gasteiger partial charge in [0.15, 0.2) is 0 Å². The third kappa shape index (κ3) is 17.3. The van der Waals surface area contributed by atoms with Crippen LogP contribution < -0.4 is 0 Å². The van der Waals surface area contributed by atoms with Crippen LogP contribution in [0.1, 0.15) is 12.6 Å². The zero-order valence-corrected chi connectivity index (χ0v) is 25.5. The minimum atomic E-state index is -10.7. The molecule has 0 N–H and O–H groups in total. The molecule has 47 heavy (non-hydrogen) atoms. The first kappa shape index (κ1) is 39.0. The Balaban J connectivity index is 0.000000234. The summed E-state index contributed by atoms with van der Waals surface area (Å²) >= 11 is 0. The molecule has 6 aromatic rings. The summed E-state index contributed by atoms with van der Waals surface area (Å²) in [6.45, 7) is 0. The van der Waals surface area contributed by atoms with Crippen molar-refractivity contribution < 1.29 is 67.1 Å². The Kier molecular flexibility index (Phi) is 10.6.